The van der Waals surface area contributed by atoms with Crippen LogP contribution in [0.1, 0.15) is 32.6 Å². The lowest BCUT2D eigenvalue weighted by atomic mass is 9.97. The maximum Gasteiger partial charge on any atom is 0.309 e. The van der Waals surface area contributed by atoms with Gasteiger partial charge < -0.3 is 19.1 Å². The van der Waals surface area contributed by atoms with Gasteiger partial charge in [0.15, 0.2) is 11.5 Å². The Bertz CT molecular complexity index is 879. The summed E-state index contributed by atoms with van der Waals surface area (Å²) in [7, 11) is -3.52. The third-order valence-electron chi connectivity index (χ3n) is 5.26. The molecule has 0 atom stereocenters. The van der Waals surface area contributed by atoms with E-state index < -0.39 is 10.0 Å². The predicted octanol–water partition coefficient (Wildman–Crippen LogP) is 1.76. The molecule has 166 valence electrons. The van der Waals surface area contributed by atoms with Gasteiger partial charge in [0.05, 0.1) is 24.5 Å². The largest absolute Gasteiger partial charge is 0.466 e. The van der Waals surface area contributed by atoms with Crippen LogP contribution in [0.2, 0.25) is 0 Å². The number of anilines is 1. The molecule has 2 aliphatic rings. The average Bonchev–Trinajstić information content (AvgIpc) is 3.18. The summed E-state index contributed by atoms with van der Waals surface area (Å²) in [4.78, 5) is 26.1. The second kappa shape index (κ2) is 9.55. The zero-order chi connectivity index (χ0) is 21.7. The quantitative estimate of drug-likeness (QED) is 0.568. The van der Waals surface area contributed by atoms with E-state index in [1.807, 2.05) is 0 Å². The molecule has 0 saturated carbocycles. The van der Waals surface area contributed by atoms with Gasteiger partial charge >= 0.3 is 5.97 Å². The minimum atomic E-state index is -3.52. The number of piperidine rings is 1. The molecule has 1 aromatic rings. The van der Waals surface area contributed by atoms with E-state index in [1.54, 1.807) is 30.0 Å². The van der Waals surface area contributed by atoms with E-state index in [9.17, 15) is 18.0 Å². The van der Waals surface area contributed by atoms with E-state index in [4.69, 9.17) is 14.2 Å². The van der Waals surface area contributed by atoms with Gasteiger partial charge in [0, 0.05) is 32.1 Å². The molecule has 1 fully saturated rings. The lowest BCUT2D eigenvalue weighted by Crippen LogP contribution is -2.41. The summed E-state index contributed by atoms with van der Waals surface area (Å²) in [5.41, 5.74) is 0.476. The second-order valence-electron chi connectivity index (χ2n) is 7.38. The van der Waals surface area contributed by atoms with Crippen molar-refractivity contribution >= 4 is 27.6 Å². The van der Waals surface area contributed by atoms with Gasteiger partial charge in [-0.3, -0.25) is 13.9 Å². The average molecular weight is 441 g/mol. The number of ether oxygens (including phenoxy) is 3. The van der Waals surface area contributed by atoms with Crippen LogP contribution in [0, 0.1) is 5.92 Å². The Kier molecular flexibility index (Phi) is 7.06. The Labute approximate surface area is 176 Å². The number of amides is 1. The summed E-state index contributed by atoms with van der Waals surface area (Å²) in [6.45, 7) is 3.46. The summed E-state index contributed by atoms with van der Waals surface area (Å²) in [6, 6.07) is 4.97. The van der Waals surface area contributed by atoms with Crippen molar-refractivity contribution in [3.05, 3.63) is 18.2 Å². The van der Waals surface area contributed by atoms with Crippen LogP contribution in [0.25, 0.3) is 0 Å². The van der Waals surface area contributed by atoms with E-state index in [-0.39, 0.29) is 37.6 Å². The van der Waals surface area contributed by atoms with Gasteiger partial charge in [0.25, 0.3) is 0 Å². The summed E-state index contributed by atoms with van der Waals surface area (Å²) in [5, 5.41) is 0. The van der Waals surface area contributed by atoms with Crippen LogP contribution in [0.3, 0.4) is 0 Å². The summed E-state index contributed by atoms with van der Waals surface area (Å²) in [5.74, 6) is 0.699. The summed E-state index contributed by atoms with van der Waals surface area (Å²) < 4.78 is 41.5. The van der Waals surface area contributed by atoms with Crippen molar-refractivity contribution in [2.75, 3.05) is 43.6 Å². The zero-order valence-electron chi connectivity index (χ0n) is 17.3. The first-order valence-electron chi connectivity index (χ1n) is 10.1. The minimum absolute atomic E-state index is 0.0311. The van der Waals surface area contributed by atoms with E-state index in [0.29, 0.717) is 56.1 Å². The molecule has 0 aromatic heterocycles. The maximum absolute atomic E-state index is 12.5. The summed E-state index contributed by atoms with van der Waals surface area (Å²) in [6.07, 6.45) is 2.95. The molecule has 0 unspecified atom stereocenters. The highest BCUT2D eigenvalue weighted by Crippen LogP contribution is 2.36. The number of carbonyl (C=O) groups excluding carboxylic acids is 2. The molecule has 0 radical (unpaired) electrons. The number of hydrogen-bond donors (Lipinski definition) is 0. The van der Waals surface area contributed by atoms with Crippen LogP contribution < -0.4 is 13.8 Å². The lowest BCUT2D eigenvalue weighted by molar-refractivity contribution is -0.151. The third-order valence-corrected chi connectivity index (χ3v) is 6.46. The number of hydrogen-bond acceptors (Lipinski definition) is 7. The molecule has 0 aliphatic carbocycles. The van der Waals surface area contributed by atoms with Gasteiger partial charge in [-0.05, 0) is 38.3 Å². The monoisotopic (exact) mass is 440 g/mol. The Morgan fingerprint density at radius 1 is 1.20 bits per heavy atom. The fourth-order valence-electron chi connectivity index (χ4n) is 3.68. The molecule has 2 heterocycles. The van der Waals surface area contributed by atoms with Crippen molar-refractivity contribution in [3.8, 4) is 11.5 Å². The molecule has 3 rings (SSSR count). The second-order valence-corrected chi connectivity index (χ2v) is 9.29. The molecule has 0 N–H and O–H groups in total. The number of rotatable bonds is 8. The van der Waals surface area contributed by atoms with E-state index >= 15 is 0 Å². The maximum atomic E-state index is 12.5. The van der Waals surface area contributed by atoms with Gasteiger partial charge in [0.1, 0.15) is 0 Å². The number of benzene rings is 1. The Hall–Kier alpha value is -2.49. The first-order valence-corrected chi connectivity index (χ1v) is 12.0. The van der Waals surface area contributed by atoms with E-state index in [2.05, 4.69) is 0 Å². The van der Waals surface area contributed by atoms with Crippen LogP contribution in [-0.4, -0.2) is 64.5 Å². The first kappa shape index (κ1) is 22.2. The standard InChI is InChI=1S/C20H28N2O7S/c1-3-27-20(24)15-8-11-21(12-9-15)19(23)5-4-10-22(30(2,25)26)16-6-7-17-18(13-16)29-14-28-17/h6-7,13,15H,3-5,8-12,14H2,1-2H3. The SMILES string of the molecule is CCOC(=O)C1CCN(C(=O)CCCN(c2ccc3c(c2)OCO3)S(C)(=O)=O)CC1. The molecular weight excluding hydrogens is 412 g/mol. The first-order chi connectivity index (χ1) is 14.3. The van der Waals surface area contributed by atoms with Crippen LogP contribution in [0.15, 0.2) is 18.2 Å². The van der Waals surface area contributed by atoms with Crippen molar-refractivity contribution in [1.82, 2.24) is 4.90 Å². The van der Waals surface area contributed by atoms with Crippen molar-refractivity contribution in [3.63, 3.8) is 0 Å². The Balaban J connectivity index is 1.52. The Morgan fingerprint density at radius 3 is 2.57 bits per heavy atom. The minimum Gasteiger partial charge on any atom is -0.466 e. The zero-order valence-corrected chi connectivity index (χ0v) is 18.2. The molecule has 1 amide bonds. The third kappa shape index (κ3) is 5.35. The molecule has 1 aromatic carbocycles. The highest BCUT2D eigenvalue weighted by Gasteiger charge is 2.28. The van der Waals surface area contributed by atoms with Gasteiger partial charge in [-0.25, -0.2) is 8.42 Å². The molecule has 0 bridgehead atoms. The van der Waals surface area contributed by atoms with Gasteiger partial charge in [-0.2, -0.15) is 0 Å². The predicted molar refractivity (Wildman–Crippen MR) is 110 cm³/mol. The van der Waals surface area contributed by atoms with Crippen molar-refractivity contribution < 1.29 is 32.2 Å². The number of sulfonamides is 1. The van der Waals surface area contributed by atoms with Crippen LogP contribution in [0.4, 0.5) is 5.69 Å². The van der Waals surface area contributed by atoms with Crippen LogP contribution >= 0.6 is 0 Å². The van der Waals surface area contributed by atoms with Crippen molar-refractivity contribution in [1.29, 1.82) is 0 Å². The fourth-order valence-corrected chi connectivity index (χ4v) is 4.64. The Morgan fingerprint density at radius 2 is 1.90 bits per heavy atom. The van der Waals surface area contributed by atoms with Crippen molar-refractivity contribution in [2.45, 2.75) is 32.6 Å². The number of fused-ring (bicyclic) bond motifs is 1. The molecule has 9 nitrogen and oxygen atoms in total. The van der Waals surface area contributed by atoms with E-state index in [1.165, 1.54) is 4.31 Å². The number of nitrogens with zero attached hydrogens (tertiary/aromatic N) is 2. The smallest absolute Gasteiger partial charge is 0.309 e. The fraction of sp³-hybridized carbons (Fsp3) is 0.600. The lowest BCUT2D eigenvalue weighted by Gasteiger charge is -2.31. The van der Waals surface area contributed by atoms with Gasteiger partial charge in [0.2, 0.25) is 22.7 Å². The summed E-state index contributed by atoms with van der Waals surface area (Å²) >= 11 is 0. The topological polar surface area (TPSA) is 102 Å². The molecular formula is C20H28N2O7S. The van der Waals surface area contributed by atoms with Crippen LogP contribution in [-0.2, 0) is 24.3 Å². The molecule has 30 heavy (non-hydrogen) atoms. The van der Waals surface area contributed by atoms with Gasteiger partial charge in [-0.1, -0.05) is 0 Å². The van der Waals surface area contributed by atoms with Crippen LogP contribution in [0.5, 0.6) is 11.5 Å². The molecule has 2 aliphatic heterocycles. The van der Waals surface area contributed by atoms with E-state index in [0.717, 1.165) is 6.26 Å². The highest BCUT2D eigenvalue weighted by atomic mass is 32.2. The molecule has 0 spiro atoms. The number of carbonyl (C=O) groups is 2. The highest BCUT2D eigenvalue weighted by molar-refractivity contribution is 7.92. The molecule has 1 saturated heterocycles. The van der Waals surface area contributed by atoms with Gasteiger partial charge in [-0.15, -0.1) is 0 Å². The normalized spacial score (nSPS) is 16.4. The number of likely N-dealkylation sites (tertiary alicyclic amines) is 1. The number of esters is 1. The van der Waals surface area contributed by atoms with Crippen molar-refractivity contribution in [2.24, 2.45) is 5.92 Å². The molecule has 10 heteroatoms.